The largest absolute Gasteiger partial charge is 0.481 e. The number of hydrogen-bond donors (Lipinski definition) is 1. The molecular weight excluding hydrogens is 440 g/mol. The lowest BCUT2D eigenvalue weighted by Crippen LogP contribution is -2.30. The molecule has 1 unspecified atom stereocenters. The molecule has 0 aliphatic carbocycles. The zero-order valence-corrected chi connectivity index (χ0v) is 19.1. The second-order valence-corrected chi connectivity index (χ2v) is 8.77. The van der Waals surface area contributed by atoms with E-state index in [1.807, 2.05) is 0 Å². The first-order valence-electron chi connectivity index (χ1n) is 9.29. The van der Waals surface area contributed by atoms with Crippen LogP contribution in [-0.4, -0.2) is 59.9 Å². The van der Waals surface area contributed by atoms with Gasteiger partial charge < -0.3 is 19.5 Å². The molecule has 0 aliphatic rings. The summed E-state index contributed by atoms with van der Waals surface area (Å²) in [5, 5.41) is 2.58. The molecule has 2 aromatic carbocycles. The molecule has 11 heteroatoms. The highest BCUT2D eigenvalue weighted by Crippen LogP contribution is 2.22. The molecular formula is C21H24N2O8S. The molecule has 1 atom stereocenters. The monoisotopic (exact) mass is 464 g/mol. The van der Waals surface area contributed by atoms with E-state index < -0.39 is 34.0 Å². The summed E-state index contributed by atoms with van der Waals surface area (Å²) in [6, 6.07) is 10.2. The van der Waals surface area contributed by atoms with Gasteiger partial charge in [-0.05, 0) is 49.4 Å². The summed E-state index contributed by atoms with van der Waals surface area (Å²) in [5.41, 5.74) is 0.737. The van der Waals surface area contributed by atoms with Gasteiger partial charge in [0, 0.05) is 12.7 Å². The van der Waals surface area contributed by atoms with Crippen LogP contribution in [0.2, 0.25) is 0 Å². The minimum atomic E-state index is -3.40. The van der Waals surface area contributed by atoms with E-state index in [2.05, 4.69) is 14.8 Å². The Hall–Kier alpha value is -3.60. The van der Waals surface area contributed by atoms with E-state index in [9.17, 15) is 22.8 Å². The molecule has 1 amide bonds. The van der Waals surface area contributed by atoms with Crippen molar-refractivity contribution in [3.63, 3.8) is 0 Å². The van der Waals surface area contributed by atoms with Gasteiger partial charge in [0.05, 0.1) is 37.3 Å². The average molecular weight is 464 g/mol. The maximum Gasteiger partial charge on any atom is 0.337 e. The Labute approximate surface area is 186 Å². The van der Waals surface area contributed by atoms with Gasteiger partial charge in [0.25, 0.3) is 5.91 Å². The highest BCUT2D eigenvalue weighted by atomic mass is 32.2. The Morgan fingerprint density at radius 2 is 1.44 bits per heavy atom. The number of nitrogens with one attached hydrogen (secondary N) is 1. The third-order valence-electron chi connectivity index (χ3n) is 4.42. The zero-order chi connectivity index (χ0) is 24.1. The van der Waals surface area contributed by atoms with Crippen molar-refractivity contribution in [3.05, 3.63) is 53.6 Å². The van der Waals surface area contributed by atoms with E-state index in [4.69, 9.17) is 4.74 Å². The minimum absolute atomic E-state index is 0.0601. The van der Waals surface area contributed by atoms with Gasteiger partial charge in [0.15, 0.2) is 6.10 Å². The van der Waals surface area contributed by atoms with E-state index >= 15 is 0 Å². The SMILES string of the molecule is COC(=O)c1cc(NC(=O)C(C)Oc2ccc(N(C)S(C)(=O)=O)cc2)cc(C(=O)OC)c1. The van der Waals surface area contributed by atoms with Crippen molar-refractivity contribution in [3.8, 4) is 5.75 Å². The summed E-state index contributed by atoms with van der Waals surface area (Å²) in [5.74, 6) is -1.57. The molecule has 32 heavy (non-hydrogen) atoms. The standard InChI is InChI=1S/C21H24N2O8S/c1-13(31-18-8-6-17(7-9-18)23(2)32(5,27)28)19(24)22-16-11-14(20(25)29-3)10-15(12-16)21(26)30-4/h6-13H,1-5H3,(H,22,24). The van der Waals surface area contributed by atoms with Crippen LogP contribution in [0.25, 0.3) is 0 Å². The fraction of sp³-hybridized carbons (Fsp3) is 0.286. The van der Waals surface area contributed by atoms with Crippen molar-refractivity contribution >= 4 is 39.2 Å². The molecule has 0 aromatic heterocycles. The van der Waals surface area contributed by atoms with Gasteiger partial charge in [-0.2, -0.15) is 0 Å². The molecule has 0 bridgehead atoms. The fourth-order valence-electron chi connectivity index (χ4n) is 2.60. The van der Waals surface area contributed by atoms with Gasteiger partial charge in [-0.25, -0.2) is 18.0 Å². The molecule has 0 radical (unpaired) electrons. The maximum absolute atomic E-state index is 12.6. The van der Waals surface area contributed by atoms with Crippen molar-refractivity contribution in [2.24, 2.45) is 0 Å². The number of nitrogens with zero attached hydrogens (tertiary/aromatic N) is 1. The number of sulfonamides is 1. The Bertz CT molecular complexity index is 1080. The van der Waals surface area contributed by atoms with Crippen molar-refractivity contribution in [1.82, 2.24) is 0 Å². The van der Waals surface area contributed by atoms with Crippen LogP contribution in [0, 0.1) is 0 Å². The molecule has 0 fully saturated rings. The molecule has 0 saturated heterocycles. The smallest absolute Gasteiger partial charge is 0.337 e. The van der Waals surface area contributed by atoms with Crippen molar-refractivity contribution in [2.75, 3.05) is 37.1 Å². The second-order valence-electron chi connectivity index (χ2n) is 6.76. The van der Waals surface area contributed by atoms with Crippen molar-refractivity contribution in [1.29, 1.82) is 0 Å². The molecule has 0 heterocycles. The highest BCUT2D eigenvalue weighted by Gasteiger charge is 2.19. The summed E-state index contributed by atoms with van der Waals surface area (Å²) >= 11 is 0. The number of esters is 2. The quantitative estimate of drug-likeness (QED) is 0.588. The molecule has 172 valence electrons. The first-order valence-corrected chi connectivity index (χ1v) is 11.1. The first-order chi connectivity index (χ1) is 15.0. The molecule has 2 aromatic rings. The van der Waals surface area contributed by atoms with Crippen LogP contribution in [0.3, 0.4) is 0 Å². The van der Waals surface area contributed by atoms with Crippen LogP contribution in [0.15, 0.2) is 42.5 Å². The molecule has 10 nitrogen and oxygen atoms in total. The fourth-order valence-corrected chi connectivity index (χ4v) is 3.10. The summed E-state index contributed by atoms with van der Waals surface area (Å²) in [6.45, 7) is 1.51. The van der Waals surface area contributed by atoms with Crippen LogP contribution in [0.4, 0.5) is 11.4 Å². The van der Waals surface area contributed by atoms with Crippen LogP contribution >= 0.6 is 0 Å². The normalized spacial score (nSPS) is 11.8. The van der Waals surface area contributed by atoms with E-state index in [1.54, 1.807) is 12.1 Å². The number of amides is 1. The highest BCUT2D eigenvalue weighted by molar-refractivity contribution is 7.92. The zero-order valence-electron chi connectivity index (χ0n) is 18.2. The van der Waals surface area contributed by atoms with Crippen molar-refractivity contribution < 1.29 is 37.0 Å². The van der Waals surface area contributed by atoms with Gasteiger partial charge >= 0.3 is 11.9 Å². The lowest BCUT2D eigenvalue weighted by atomic mass is 10.1. The molecule has 0 spiro atoms. The minimum Gasteiger partial charge on any atom is -0.481 e. The van der Waals surface area contributed by atoms with Gasteiger partial charge in [-0.1, -0.05) is 0 Å². The lowest BCUT2D eigenvalue weighted by Gasteiger charge is -2.18. The third kappa shape index (κ3) is 6.20. The van der Waals surface area contributed by atoms with Crippen LogP contribution in [0.1, 0.15) is 27.6 Å². The molecule has 2 rings (SSSR count). The van der Waals surface area contributed by atoms with Gasteiger partial charge in [-0.15, -0.1) is 0 Å². The number of carbonyl (C=O) groups excluding carboxylic acids is 3. The van der Waals surface area contributed by atoms with Gasteiger partial charge in [0.2, 0.25) is 10.0 Å². The average Bonchev–Trinajstić information content (AvgIpc) is 2.76. The number of carbonyl (C=O) groups is 3. The molecule has 1 N–H and O–H groups in total. The van der Waals surface area contributed by atoms with Gasteiger partial charge in [-0.3, -0.25) is 9.10 Å². The number of ether oxygens (including phenoxy) is 3. The van der Waals surface area contributed by atoms with Crippen LogP contribution in [-0.2, 0) is 24.3 Å². The summed E-state index contributed by atoms with van der Waals surface area (Å²) in [7, 11) is 0.412. The molecule has 0 aliphatic heterocycles. The predicted molar refractivity (Wildman–Crippen MR) is 118 cm³/mol. The molecule has 0 saturated carbocycles. The Balaban J connectivity index is 2.15. The number of methoxy groups -OCH3 is 2. The topological polar surface area (TPSA) is 128 Å². The van der Waals surface area contributed by atoms with E-state index in [-0.39, 0.29) is 16.8 Å². The number of rotatable bonds is 8. The van der Waals surface area contributed by atoms with Crippen LogP contribution in [0.5, 0.6) is 5.75 Å². The first kappa shape index (κ1) is 24.7. The third-order valence-corrected chi connectivity index (χ3v) is 5.63. The Morgan fingerprint density at radius 3 is 1.88 bits per heavy atom. The van der Waals surface area contributed by atoms with E-state index in [0.29, 0.717) is 11.4 Å². The summed E-state index contributed by atoms with van der Waals surface area (Å²) < 4.78 is 39.3. The number of hydrogen-bond acceptors (Lipinski definition) is 8. The Morgan fingerprint density at radius 1 is 0.938 bits per heavy atom. The maximum atomic E-state index is 12.6. The summed E-state index contributed by atoms with van der Waals surface area (Å²) in [4.78, 5) is 36.3. The van der Waals surface area contributed by atoms with E-state index in [1.165, 1.54) is 58.5 Å². The van der Waals surface area contributed by atoms with Crippen molar-refractivity contribution in [2.45, 2.75) is 13.0 Å². The second kappa shape index (κ2) is 10.1. The summed E-state index contributed by atoms with van der Waals surface area (Å²) in [6.07, 6.45) is 0.141. The van der Waals surface area contributed by atoms with E-state index in [0.717, 1.165) is 10.6 Å². The number of benzene rings is 2. The predicted octanol–water partition coefficient (Wildman–Crippen LogP) is 2.06. The number of anilines is 2. The van der Waals surface area contributed by atoms with Crippen LogP contribution < -0.4 is 14.4 Å². The van der Waals surface area contributed by atoms with Gasteiger partial charge in [0.1, 0.15) is 5.75 Å². The Kier molecular flexibility index (Phi) is 7.82. The lowest BCUT2D eigenvalue weighted by molar-refractivity contribution is -0.122.